The van der Waals surface area contributed by atoms with Gasteiger partial charge in [0.25, 0.3) is 0 Å². The summed E-state index contributed by atoms with van der Waals surface area (Å²) in [6, 6.07) is 0. The van der Waals surface area contributed by atoms with Crippen LogP contribution in [0.4, 0.5) is 0 Å². The second-order valence-corrected chi connectivity index (χ2v) is 7.04. The first-order chi connectivity index (χ1) is 10.5. The third kappa shape index (κ3) is 13.4. The summed E-state index contributed by atoms with van der Waals surface area (Å²) in [5, 5.41) is 15.9. The minimum absolute atomic E-state index is 0.127. The van der Waals surface area contributed by atoms with Crippen LogP contribution < -0.4 is 0 Å². The van der Waals surface area contributed by atoms with Gasteiger partial charge in [0.15, 0.2) is 0 Å². The first-order valence-electron chi connectivity index (χ1n) is 9.15. The van der Waals surface area contributed by atoms with Gasteiger partial charge in [0.05, 0.1) is 0 Å². The van der Waals surface area contributed by atoms with Crippen LogP contribution in [-0.4, -0.2) is 21.2 Å². The molecule has 0 radical (unpaired) electrons. The number of alkyl halides is 1. The van der Waals surface area contributed by atoms with Crippen molar-refractivity contribution >= 4 is 17.6 Å². The van der Waals surface area contributed by atoms with Crippen LogP contribution in [0.1, 0.15) is 103 Å². The predicted molar refractivity (Wildman–Crippen MR) is 93.4 cm³/mol. The lowest BCUT2D eigenvalue weighted by atomic mass is 10.0. The lowest BCUT2D eigenvalue weighted by molar-refractivity contribution is -0.150. The van der Waals surface area contributed by atoms with E-state index in [9.17, 15) is 9.90 Å². The van der Waals surface area contributed by atoms with Crippen molar-refractivity contribution in [2.75, 3.05) is 0 Å². The standard InChI is InChI=1S/C18H35ClO3/c1-2-3-4-5-6-7-8-9-10-11-12-13-14-15-16-18(19,22)17(20)21/h22H,2-16H2,1H3,(H,20,21). The van der Waals surface area contributed by atoms with Crippen LogP contribution in [0.25, 0.3) is 0 Å². The third-order valence-corrected chi connectivity index (χ3v) is 4.54. The second-order valence-electron chi connectivity index (χ2n) is 6.41. The summed E-state index contributed by atoms with van der Waals surface area (Å²) in [6.07, 6.45) is 17.6. The molecule has 0 aromatic heterocycles. The van der Waals surface area contributed by atoms with E-state index in [2.05, 4.69) is 6.92 Å². The van der Waals surface area contributed by atoms with Gasteiger partial charge in [-0.1, -0.05) is 102 Å². The van der Waals surface area contributed by atoms with Crippen LogP contribution in [0.15, 0.2) is 0 Å². The summed E-state index contributed by atoms with van der Waals surface area (Å²) in [7, 11) is 0. The zero-order valence-corrected chi connectivity index (χ0v) is 15.0. The van der Waals surface area contributed by atoms with Crippen LogP contribution in [0.2, 0.25) is 0 Å². The Morgan fingerprint density at radius 1 is 0.773 bits per heavy atom. The number of hydrogen-bond donors (Lipinski definition) is 2. The Labute approximate surface area is 141 Å². The predicted octanol–water partition coefficient (Wildman–Crippen LogP) is 5.87. The quantitative estimate of drug-likeness (QED) is 0.274. The highest BCUT2D eigenvalue weighted by atomic mass is 35.5. The number of carboxylic acid groups (broad SMARTS) is 1. The summed E-state index contributed by atoms with van der Waals surface area (Å²) in [5.74, 6) is -1.34. The fourth-order valence-corrected chi connectivity index (χ4v) is 2.79. The molecule has 2 N–H and O–H groups in total. The Morgan fingerprint density at radius 3 is 1.41 bits per heavy atom. The van der Waals surface area contributed by atoms with Crippen LogP contribution in [0.3, 0.4) is 0 Å². The molecule has 0 aromatic carbocycles. The molecule has 0 rings (SSSR count). The molecule has 0 saturated carbocycles. The fourth-order valence-electron chi connectivity index (χ4n) is 2.66. The highest BCUT2D eigenvalue weighted by Crippen LogP contribution is 2.21. The molecular formula is C18H35ClO3. The fraction of sp³-hybridized carbons (Fsp3) is 0.944. The Hall–Kier alpha value is -0.280. The summed E-state index contributed by atoms with van der Waals surface area (Å²) >= 11 is 5.48. The van der Waals surface area contributed by atoms with Crippen molar-refractivity contribution in [3.8, 4) is 0 Å². The van der Waals surface area contributed by atoms with Crippen molar-refractivity contribution in [3.63, 3.8) is 0 Å². The molecule has 1 atom stereocenters. The van der Waals surface area contributed by atoms with E-state index < -0.39 is 11.0 Å². The molecule has 3 nitrogen and oxygen atoms in total. The van der Waals surface area contributed by atoms with Crippen molar-refractivity contribution in [2.45, 2.75) is 108 Å². The average Bonchev–Trinajstić information content (AvgIpc) is 2.47. The monoisotopic (exact) mass is 334 g/mol. The molecule has 0 bridgehead atoms. The molecule has 1 unspecified atom stereocenters. The smallest absolute Gasteiger partial charge is 0.351 e. The molecule has 0 aliphatic carbocycles. The number of halogens is 1. The molecule has 132 valence electrons. The average molecular weight is 335 g/mol. The van der Waals surface area contributed by atoms with Gasteiger partial charge in [-0.2, -0.15) is 0 Å². The van der Waals surface area contributed by atoms with Crippen LogP contribution >= 0.6 is 11.6 Å². The zero-order valence-electron chi connectivity index (χ0n) is 14.3. The number of hydrogen-bond acceptors (Lipinski definition) is 2. The van der Waals surface area contributed by atoms with Gasteiger partial charge < -0.3 is 10.2 Å². The normalized spacial score (nSPS) is 14.0. The summed E-state index contributed by atoms with van der Waals surface area (Å²) < 4.78 is 0. The van der Waals surface area contributed by atoms with Gasteiger partial charge in [0, 0.05) is 6.42 Å². The third-order valence-electron chi connectivity index (χ3n) is 4.19. The van der Waals surface area contributed by atoms with Gasteiger partial charge in [-0.05, 0) is 6.42 Å². The van der Waals surface area contributed by atoms with E-state index in [0.717, 1.165) is 12.8 Å². The maximum absolute atomic E-state index is 10.6. The molecule has 22 heavy (non-hydrogen) atoms. The van der Waals surface area contributed by atoms with Gasteiger partial charge in [-0.25, -0.2) is 4.79 Å². The topological polar surface area (TPSA) is 57.5 Å². The van der Waals surface area contributed by atoms with E-state index >= 15 is 0 Å². The molecule has 0 aliphatic heterocycles. The Morgan fingerprint density at radius 2 is 1.09 bits per heavy atom. The number of rotatable bonds is 16. The number of carbonyl (C=O) groups is 1. The first-order valence-corrected chi connectivity index (χ1v) is 9.53. The highest BCUT2D eigenvalue weighted by Gasteiger charge is 2.31. The van der Waals surface area contributed by atoms with Crippen molar-refractivity contribution in [2.24, 2.45) is 0 Å². The lowest BCUT2D eigenvalue weighted by Gasteiger charge is -2.14. The SMILES string of the molecule is CCCCCCCCCCCCCCCCC(O)(Cl)C(=O)O. The molecule has 4 heteroatoms. The number of unbranched alkanes of at least 4 members (excludes halogenated alkanes) is 13. The summed E-state index contributed by atoms with van der Waals surface area (Å²) in [6.45, 7) is 2.25. The van der Waals surface area contributed by atoms with E-state index in [0.29, 0.717) is 6.42 Å². The van der Waals surface area contributed by atoms with E-state index in [-0.39, 0.29) is 6.42 Å². The minimum atomic E-state index is -2.07. The van der Waals surface area contributed by atoms with Gasteiger partial charge in [-0.3, -0.25) is 0 Å². The molecule has 0 aliphatic rings. The van der Waals surface area contributed by atoms with Crippen LogP contribution in [0.5, 0.6) is 0 Å². The Kier molecular flexibility index (Phi) is 14.1. The highest BCUT2D eigenvalue weighted by molar-refractivity contribution is 6.32. The number of aliphatic carboxylic acids is 1. The number of aliphatic hydroxyl groups is 1. The van der Waals surface area contributed by atoms with Gasteiger partial charge in [-0.15, -0.1) is 0 Å². The molecule has 0 saturated heterocycles. The van der Waals surface area contributed by atoms with Crippen molar-refractivity contribution in [3.05, 3.63) is 0 Å². The lowest BCUT2D eigenvalue weighted by Crippen LogP contribution is -2.31. The van der Waals surface area contributed by atoms with Crippen molar-refractivity contribution in [1.82, 2.24) is 0 Å². The number of carboxylic acids is 1. The molecule has 0 aromatic rings. The van der Waals surface area contributed by atoms with Crippen LogP contribution in [-0.2, 0) is 4.79 Å². The molecule has 0 heterocycles. The maximum atomic E-state index is 10.6. The maximum Gasteiger partial charge on any atom is 0.351 e. The van der Waals surface area contributed by atoms with E-state index in [1.807, 2.05) is 0 Å². The van der Waals surface area contributed by atoms with Gasteiger partial charge >= 0.3 is 5.97 Å². The molecule has 0 amide bonds. The zero-order chi connectivity index (χ0) is 16.7. The van der Waals surface area contributed by atoms with Crippen molar-refractivity contribution < 1.29 is 15.0 Å². The molecule has 0 fully saturated rings. The van der Waals surface area contributed by atoms with E-state index in [1.165, 1.54) is 70.6 Å². The Bertz CT molecular complexity index is 267. The second kappa shape index (κ2) is 14.3. The largest absolute Gasteiger partial charge is 0.478 e. The van der Waals surface area contributed by atoms with Gasteiger partial charge in [0.2, 0.25) is 5.06 Å². The minimum Gasteiger partial charge on any atom is -0.478 e. The first kappa shape index (κ1) is 21.7. The summed E-state index contributed by atoms with van der Waals surface area (Å²) in [5.41, 5.74) is 0. The van der Waals surface area contributed by atoms with Gasteiger partial charge in [0.1, 0.15) is 0 Å². The van der Waals surface area contributed by atoms with E-state index in [1.54, 1.807) is 0 Å². The molecule has 0 spiro atoms. The summed E-state index contributed by atoms with van der Waals surface area (Å²) in [4.78, 5) is 10.6. The molecular weight excluding hydrogens is 300 g/mol. The Balaban J connectivity index is 3.16. The van der Waals surface area contributed by atoms with Crippen LogP contribution in [0, 0.1) is 0 Å². The van der Waals surface area contributed by atoms with E-state index in [4.69, 9.17) is 16.7 Å². The van der Waals surface area contributed by atoms with Crippen molar-refractivity contribution in [1.29, 1.82) is 0 Å².